The molecule has 4 unspecified atom stereocenters. The molecule has 15 heteroatoms. The number of aliphatic hydroxyl groups is 1. The first kappa shape index (κ1) is 33.0. The Morgan fingerprint density at radius 3 is 1.75 bits per heavy atom. The fourth-order valence-corrected chi connectivity index (χ4v) is 3.18. The molecule has 0 aliphatic carbocycles. The Labute approximate surface area is 211 Å². The molecule has 0 rings (SSSR count). The average molecular weight is 518 g/mol. The van der Waals surface area contributed by atoms with Gasteiger partial charge in [-0.2, -0.15) is 0 Å². The van der Waals surface area contributed by atoms with Crippen LogP contribution in [0.1, 0.15) is 51.4 Å². The van der Waals surface area contributed by atoms with Gasteiger partial charge in [-0.3, -0.25) is 19.4 Å². The van der Waals surface area contributed by atoms with Crippen molar-refractivity contribution >= 4 is 29.7 Å². The molecule has 0 aromatic carbocycles. The lowest BCUT2D eigenvalue weighted by Gasteiger charge is -2.24. The first-order valence-electron chi connectivity index (χ1n) is 12.0. The van der Waals surface area contributed by atoms with Crippen molar-refractivity contribution in [2.24, 2.45) is 33.7 Å². The second kappa shape index (κ2) is 19.2. The number of rotatable bonds is 20. The number of aliphatic hydroxyl groups excluding tert-OH is 1. The molecule has 0 bridgehead atoms. The Kier molecular flexibility index (Phi) is 17.6. The number of aliphatic carboxylic acids is 1. The number of nitrogens with one attached hydrogen (secondary N) is 3. The minimum Gasteiger partial charge on any atom is -0.480 e. The number of nitrogens with zero attached hydrogens (tertiary/aromatic N) is 1. The highest BCUT2D eigenvalue weighted by Gasteiger charge is 2.29. The van der Waals surface area contributed by atoms with Gasteiger partial charge in [0, 0.05) is 6.54 Å². The minimum atomic E-state index is -1.35. The summed E-state index contributed by atoms with van der Waals surface area (Å²) < 4.78 is 0. The van der Waals surface area contributed by atoms with Gasteiger partial charge in [0.1, 0.15) is 18.1 Å². The Hall–Kier alpha value is -3.01. The van der Waals surface area contributed by atoms with Crippen LogP contribution in [-0.2, 0) is 19.2 Å². The molecule has 15 nitrogen and oxygen atoms in total. The molecule has 4 atom stereocenters. The highest BCUT2D eigenvalue weighted by Crippen LogP contribution is 2.05. The number of amides is 3. The lowest BCUT2D eigenvalue weighted by molar-refractivity contribution is -0.142. The molecule has 0 aliphatic heterocycles. The maximum Gasteiger partial charge on any atom is 0.326 e. The van der Waals surface area contributed by atoms with E-state index in [4.69, 9.17) is 28.7 Å². The normalized spacial score (nSPS) is 14.1. The van der Waals surface area contributed by atoms with Gasteiger partial charge in [0.15, 0.2) is 5.96 Å². The molecule has 15 N–H and O–H groups in total. The van der Waals surface area contributed by atoms with Gasteiger partial charge in [-0.1, -0.05) is 6.42 Å². The van der Waals surface area contributed by atoms with E-state index in [1.165, 1.54) is 0 Å². The van der Waals surface area contributed by atoms with E-state index in [1.807, 2.05) is 0 Å². The van der Waals surface area contributed by atoms with Gasteiger partial charge in [-0.15, -0.1) is 0 Å². The number of carboxylic acid groups (broad SMARTS) is 1. The van der Waals surface area contributed by atoms with Crippen molar-refractivity contribution in [2.75, 3.05) is 26.2 Å². The lowest BCUT2D eigenvalue weighted by Crippen LogP contribution is -2.58. The van der Waals surface area contributed by atoms with Gasteiger partial charge in [-0.05, 0) is 58.0 Å². The number of carbonyl (C=O) groups is 4. The molecular formula is C21H43N9O6. The maximum absolute atomic E-state index is 12.8. The van der Waals surface area contributed by atoms with Crippen LogP contribution in [-0.4, -0.2) is 90.3 Å². The minimum absolute atomic E-state index is 0.0543. The molecule has 0 fully saturated rings. The monoisotopic (exact) mass is 517 g/mol. The van der Waals surface area contributed by atoms with E-state index in [0.29, 0.717) is 51.6 Å². The fraction of sp³-hybridized carbons (Fsp3) is 0.762. The SMILES string of the molecule is NCCCCC(N)C(=O)NC(CO)C(=O)NC(CCCCN)C(=O)NC(CCCN=C(N)N)C(=O)O. The molecule has 0 heterocycles. The summed E-state index contributed by atoms with van der Waals surface area (Å²) in [6.45, 7) is 0.280. The Bertz CT molecular complexity index is 718. The predicted octanol–water partition coefficient (Wildman–Crippen LogP) is -3.84. The van der Waals surface area contributed by atoms with Gasteiger partial charge in [-0.25, -0.2) is 4.79 Å². The third-order valence-electron chi connectivity index (χ3n) is 5.26. The second-order valence-corrected chi connectivity index (χ2v) is 8.33. The number of nitrogens with two attached hydrogens (primary N) is 5. The fourth-order valence-electron chi connectivity index (χ4n) is 3.18. The van der Waals surface area contributed by atoms with Crippen LogP contribution in [0.5, 0.6) is 0 Å². The third-order valence-corrected chi connectivity index (χ3v) is 5.26. The Morgan fingerprint density at radius 1 is 0.722 bits per heavy atom. The van der Waals surface area contributed by atoms with Gasteiger partial charge in [0.25, 0.3) is 0 Å². The largest absolute Gasteiger partial charge is 0.480 e. The molecule has 0 spiro atoms. The molecule has 3 amide bonds. The maximum atomic E-state index is 12.8. The van der Waals surface area contributed by atoms with Crippen LogP contribution in [0.15, 0.2) is 4.99 Å². The smallest absolute Gasteiger partial charge is 0.326 e. The highest BCUT2D eigenvalue weighted by atomic mass is 16.4. The molecule has 0 saturated heterocycles. The number of carbonyl (C=O) groups excluding carboxylic acids is 3. The summed E-state index contributed by atoms with van der Waals surface area (Å²) in [7, 11) is 0. The molecular weight excluding hydrogens is 474 g/mol. The molecule has 0 saturated carbocycles. The summed E-state index contributed by atoms with van der Waals surface area (Å²) in [5, 5.41) is 26.3. The molecule has 36 heavy (non-hydrogen) atoms. The van der Waals surface area contributed by atoms with E-state index < -0.39 is 54.5 Å². The van der Waals surface area contributed by atoms with Gasteiger partial charge >= 0.3 is 5.97 Å². The van der Waals surface area contributed by atoms with E-state index in [-0.39, 0.29) is 25.3 Å². The number of guanidine groups is 1. The van der Waals surface area contributed by atoms with Crippen LogP contribution in [0, 0.1) is 0 Å². The van der Waals surface area contributed by atoms with Crippen LogP contribution in [0.3, 0.4) is 0 Å². The number of hydrogen-bond acceptors (Lipinski definition) is 9. The lowest BCUT2D eigenvalue weighted by atomic mass is 10.1. The predicted molar refractivity (Wildman–Crippen MR) is 134 cm³/mol. The Morgan fingerprint density at radius 2 is 1.22 bits per heavy atom. The summed E-state index contributed by atoms with van der Waals surface area (Å²) in [5.74, 6) is -3.56. The van der Waals surface area contributed by atoms with Crippen molar-refractivity contribution in [3.8, 4) is 0 Å². The third kappa shape index (κ3) is 14.4. The number of carboxylic acids is 1. The van der Waals surface area contributed by atoms with Gasteiger partial charge < -0.3 is 54.8 Å². The van der Waals surface area contributed by atoms with Gasteiger partial charge in [0.05, 0.1) is 12.6 Å². The zero-order valence-electron chi connectivity index (χ0n) is 20.7. The van der Waals surface area contributed by atoms with Crippen molar-refractivity contribution in [3.05, 3.63) is 0 Å². The zero-order chi connectivity index (χ0) is 27.5. The molecule has 208 valence electrons. The summed E-state index contributed by atoms with van der Waals surface area (Å²) in [5.41, 5.74) is 27.2. The zero-order valence-corrected chi connectivity index (χ0v) is 20.7. The van der Waals surface area contributed by atoms with E-state index in [1.54, 1.807) is 0 Å². The van der Waals surface area contributed by atoms with Crippen molar-refractivity contribution in [2.45, 2.75) is 75.5 Å². The van der Waals surface area contributed by atoms with Crippen molar-refractivity contribution < 1.29 is 29.4 Å². The standard InChI is InChI=1S/C21H43N9O6/c22-9-3-1-6-13(24)17(32)30-16(12-31)19(34)28-14(7-2-4-10-23)18(33)29-15(20(35)36)8-5-11-27-21(25)26/h13-16,31H,1-12,22-24H2,(H,28,34)(H,29,33)(H,30,32)(H,35,36)(H4,25,26,27). The molecule has 0 aliphatic rings. The van der Waals surface area contributed by atoms with Crippen LogP contribution < -0.4 is 44.6 Å². The van der Waals surface area contributed by atoms with E-state index in [9.17, 15) is 29.4 Å². The van der Waals surface area contributed by atoms with Crippen molar-refractivity contribution in [1.29, 1.82) is 0 Å². The van der Waals surface area contributed by atoms with Crippen molar-refractivity contribution in [3.63, 3.8) is 0 Å². The summed E-state index contributed by atoms with van der Waals surface area (Å²) in [4.78, 5) is 53.2. The van der Waals surface area contributed by atoms with Crippen LogP contribution in [0.2, 0.25) is 0 Å². The highest BCUT2D eigenvalue weighted by molar-refractivity contribution is 5.94. The molecule has 0 radical (unpaired) electrons. The van der Waals surface area contributed by atoms with Crippen LogP contribution in [0.25, 0.3) is 0 Å². The first-order chi connectivity index (χ1) is 17.1. The van der Waals surface area contributed by atoms with Crippen LogP contribution >= 0.6 is 0 Å². The van der Waals surface area contributed by atoms with Crippen molar-refractivity contribution in [1.82, 2.24) is 16.0 Å². The summed E-state index contributed by atoms with van der Waals surface area (Å²) >= 11 is 0. The van der Waals surface area contributed by atoms with Gasteiger partial charge in [0.2, 0.25) is 17.7 Å². The average Bonchev–Trinajstić information content (AvgIpc) is 2.83. The molecule has 0 aromatic rings. The Balaban J connectivity index is 5.21. The topological polar surface area (TPSA) is 287 Å². The molecule has 0 aromatic heterocycles. The summed E-state index contributed by atoms with van der Waals surface area (Å²) in [6.07, 6.45) is 3.23. The second-order valence-electron chi connectivity index (χ2n) is 8.33. The first-order valence-corrected chi connectivity index (χ1v) is 12.0. The summed E-state index contributed by atoms with van der Waals surface area (Å²) in [6, 6.07) is -4.59. The number of aliphatic imine (C=N–C) groups is 1. The number of hydrogen-bond donors (Lipinski definition) is 10. The van der Waals surface area contributed by atoms with E-state index >= 15 is 0 Å². The quantitative estimate of drug-likeness (QED) is 0.0423. The number of unbranched alkanes of at least 4 members (excludes halogenated alkanes) is 2. The van der Waals surface area contributed by atoms with E-state index in [0.717, 1.165) is 0 Å². The van der Waals surface area contributed by atoms with E-state index in [2.05, 4.69) is 20.9 Å². The van der Waals surface area contributed by atoms with Crippen LogP contribution in [0.4, 0.5) is 0 Å².